The highest BCUT2D eigenvalue weighted by Crippen LogP contribution is 2.34. The molecule has 0 atom stereocenters. The van der Waals surface area contributed by atoms with Crippen molar-refractivity contribution < 1.29 is 22.8 Å². The van der Waals surface area contributed by atoms with Crippen molar-refractivity contribution in [3.8, 4) is 0 Å². The smallest absolute Gasteiger partial charge is 0.274 e. The Labute approximate surface area is 129 Å². The van der Waals surface area contributed by atoms with Gasteiger partial charge in [0, 0.05) is 13.2 Å². The molecule has 0 N–H and O–H groups in total. The molecule has 0 spiro atoms. The van der Waals surface area contributed by atoms with Crippen molar-refractivity contribution in [2.24, 2.45) is 0 Å². The first-order valence-corrected chi connectivity index (χ1v) is 7.32. The van der Waals surface area contributed by atoms with Gasteiger partial charge in [0.25, 0.3) is 5.91 Å². The summed E-state index contributed by atoms with van der Waals surface area (Å²) in [6, 6.07) is 1.92. The van der Waals surface area contributed by atoms with E-state index in [1.54, 1.807) is 0 Å². The highest BCUT2D eigenvalue weighted by Gasteiger charge is 2.32. The van der Waals surface area contributed by atoms with Crippen molar-refractivity contribution in [1.82, 2.24) is 14.7 Å². The van der Waals surface area contributed by atoms with Crippen LogP contribution in [0.15, 0.2) is 23.2 Å². The van der Waals surface area contributed by atoms with Crippen molar-refractivity contribution in [1.29, 1.82) is 0 Å². The largest absolute Gasteiger partial charge is 0.416 e. The molecule has 1 amide bonds. The zero-order valence-corrected chi connectivity index (χ0v) is 13.0. The van der Waals surface area contributed by atoms with Crippen molar-refractivity contribution in [2.75, 3.05) is 19.9 Å². The Kier molecular flexibility index (Phi) is 4.66. The number of amides is 1. The van der Waals surface area contributed by atoms with Crippen LogP contribution in [0.1, 0.15) is 23.0 Å². The molecule has 0 saturated heterocycles. The van der Waals surface area contributed by atoms with Crippen LogP contribution >= 0.6 is 11.8 Å². The van der Waals surface area contributed by atoms with E-state index in [1.807, 2.05) is 6.92 Å². The third-order valence-electron chi connectivity index (χ3n) is 2.97. The lowest BCUT2D eigenvalue weighted by Gasteiger charge is -2.12. The summed E-state index contributed by atoms with van der Waals surface area (Å²) in [5.74, 6) is 0.0740. The third kappa shape index (κ3) is 3.05. The maximum atomic E-state index is 12.8. The van der Waals surface area contributed by atoms with Gasteiger partial charge in [0.15, 0.2) is 5.69 Å². The summed E-state index contributed by atoms with van der Waals surface area (Å²) in [4.78, 5) is 17.4. The quantitative estimate of drug-likeness (QED) is 0.637. The number of halogens is 3. The topological polar surface area (TPSA) is 46.8 Å². The molecule has 0 unspecified atom stereocenters. The van der Waals surface area contributed by atoms with E-state index < -0.39 is 17.6 Å². The lowest BCUT2D eigenvalue weighted by molar-refractivity contribution is -0.137. The van der Waals surface area contributed by atoms with Gasteiger partial charge in [0.2, 0.25) is 0 Å². The van der Waals surface area contributed by atoms with Crippen LogP contribution in [0.25, 0.3) is 5.52 Å². The summed E-state index contributed by atoms with van der Waals surface area (Å²) in [5.41, 5.74) is -0.470. The highest BCUT2D eigenvalue weighted by atomic mass is 32.2. The number of hydrogen-bond acceptors (Lipinski definition) is 4. The van der Waals surface area contributed by atoms with Crippen LogP contribution < -0.4 is 0 Å². The fourth-order valence-electron chi connectivity index (χ4n) is 1.86. The molecule has 120 valence electrons. The lowest BCUT2D eigenvalue weighted by atomic mass is 10.2. The first kappa shape index (κ1) is 16.6. The molecule has 0 aliphatic rings. The van der Waals surface area contributed by atoms with Gasteiger partial charge in [-0.25, -0.2) is 9.58 Å². The minimum Gasteiger partial charge on any atom is -0.274 e. The number of rotatable bonds is 4. The predicted octanol–water partition coefficient (Wildman–Crippen LogP) is 3.10. The lowest BCUT2D eigenvalue weighted by Crippen LogP contribution is -2.26. The van der Waals surface area contributed by atoms with E-state index in [-0.39, 0.29) is 11.2 Å². The molecule has 0 bridgehead atoms. The second kappa shape index (κ2) is 6.17. The number of hydroxylamine groups is 2. The summed E-state index contributed by atoms with van der Waals surface area (Å²) in [7, 11) is 2.73. The van der Waals surface area contributed by atoms with Crippen molar-refractivity contribution >= 4 is 23.2 Å². The molecule has 2 aromatic heterocycles. The van der Waals surface area contributed by atoms with Gasteiger partial charge in [-0.2, -0.15) is 18.3 Å². The summed E-state index contributed by atoms with van der Waals surface area (Å²) in [6.07, 6.45) is -3.25. The van der Waals surface area contributed by atoms with Crippen LogP contribution in [0.2, 0.25) is 0 Å². The number of aromatic nitrogens is 2. The number of pyridine rings is 1. The third-order valence-corrected chi connectivity index (χ3v) is 3.95. The Bertz CT molecular complexity index is 700. The monoisotopic (exact) mass is 333 g/mol. The summed E-state index contributed by atoms with van der Waals surface area (Å²) in [5, 5.41) is 5.06. The molecule has 0 saturated carbocycles. The van der Waals surface area contributed by atoms with E-state index in [0.717, 1.165) is 17.2 Å². The van der Waals surface area contributed by atoms with Crippen molar-refractivity contribution in [2.45, 2.75) is 18.0 Å². The molecule has 2 rings (SSSR count). The highest BCUT2D eigenvalue weighted by molar-refractivity contribution is 7.99. The Balaban J connectivity index is 2.63. The zero-order valence-electron chi connectivity index (χ0n) is 12.1. The minimum absolute atomic E-state index is 0.0653. The molecule has 0 aliphatic carbocycles. The van der Waals surface area contributed by atoms with E-state index in [9.17, 15) is 18.0 Å². The average molecular weight is 333 g/mol. The minimum atomic E-state index is -4.45. The number of nitrogens with zero attached hydrogens (tertiary/aromatic N) is 3. The molecule has 5 nitrogen and oxygen atoms in total. The van der Waals surface area contributed by atoms with E-state index in [2.05, 4.69) is 5.10 Å². The summed E-state index contributed by atoms with van der Waals surface area (Å²) in [6.45, 7) is 1.84. The summed E-state index contributed by atoms with van der Waals surface area (Å²) >= 11 is 1.26. The maximum Gasteiger partial charge on any atom is 0.416 e. The van der Waals surface area contributed by atoms with Crippen LogP contribution in [-0.4, -0.2) is 40.5 Å². The molecular weight excluding hydrogens is 319 g/mol. The van der Waals surface area contributed by atoms with Gasteiger partial charge in [-0.3, -0.25) is 9.63 Å². The summed E-state index contributed by atoms with van der Waals surface area (Å²) < 4.78 is 39.8. The van der Waals surface area contributed by atoms with Crippen molar-refractivity contribution in [3.63, 3.8) is 0 Å². The van der Waals surface area contributed by atoms with Crippen LogP contribution in [0.5, 0.6) is 0 Å². The van der Waals surface area contributed by atoms with Gasteiger partial charge in [0.1, 0.15) is 0 Å². The average Bonchev–Trinajstić information content (AvgIpc) is 2.83. The van der Waals surface area contributed by atoms with E-state index in [4.69, 9.17) is 4.84 Å². The molecule has 22 heavy (non-hydrogen) atoms. The maximum absolute atomic E-state index is 12.8. The molecule has 0 aliphatic heterocycles. The molecule has 0 aromatic carbocycles. The SMILES string of the molecule is CCSc1c(C(=O)N(C)OC)nn2ccc(C(F)(F)F)cc12. The van der Waals surface area contributed by atoms with Gasteiger partial charge in [-0.05, 0) is 17.9 Å². The van der Waals surface area contributed by atoms with E-state index in [1.165, 1.54) is 36.6 Å². The van der Waals surface area contributed by atoms with Gasteiger partial charge < -0.3 is 0 Å². The Morgan fingerprint density at radius 1 is 1.50 bits per heavy atom. The van der Waals surface area contributed by atoms with Crippen LogP contribution in [0.4, 0.5) is 13.2 Å². The van der Waals surface area contributed by atoms with E-state index >= 15 is 0 Å². The predicted molar refractivity (Wildman–Crippen MR) is 75.7 cm³/mol. The Morgan fingerprint density at radius 2 is 2.18 bits per heavy atom. The fraction of sp³-hybridized carbons (Fsp3) is 0.385. The number of carbonyl (C=O) groups is 1. The van der Waals surface area contributed by atoms with Crippen LogP contribution in [0.3, 0.4) is 0 Å². The number of fused-ring (bicyclic) bond motifs is 1. The molecular formula is C13H14F3N3O2S. The second-order valence-electron chi connectivity index (χ2n) is 4.34. The second-order valence-corrected chi connectivity index (χ2v) is 5.61. The number of carbonyl (C=O) groups excluding carboxylic acids is 1. The zero-order chi connectivity index (χ0) is 16.5. The van der Waals surface area contributed by atoms with Crippen LogP contribution in [0, 0.1) is 0 Å². The number of thioether (sulfide) groups is 1. The van der Waals surface area contributed by atoms with Crippen LogP contribution in [-0.2, 0) is 11.0 Å². The first-order chi connectivity index (χ1) is 10.3. The molecule has 0 radical (unpaired) electrons. The van der Waals surface area contributed by atoms with E-state index in [0.29, 0.717) is 10.6 Å². The fourth-order valence-corrected chi connectivity index (χ4v) is 2.71. The normalized spacial score (nSPS) is 11.9. The standard InChI is InChI=1S/C13H14F3N3O2S/c1-4-22-11-9-7-8(13(14,15)16)5-6-19(9)17-10(11)12(20)18(2)21-3/h5-7H,4H2,1-3H3. The molecule has 2 aromatic rings. The van der Waals surface area contributed by atoms with Gasteiger partial charge in [0.05, 0.1) is 23.1 Å². The Hall–Kier alpha value is -1.74. The molecule has 2 heterocycles. The van der Waals surface area contributed by atoms with Crippen molar-refractivity contribution in [3.05, 3.63) is 29.6 Å². The Morgan fingerprint density at radius 3 is 2.73 bits per heavy atom. The van der Waals surface area contributed by atoms with Gasteiger partial charge in [-0.15, -0.1) is 11.8 Å². The van der Waals surface area contributed by atoms with Gasteiger partial charge in [-0.1, -0.05) is 6.92 Å². The first-order valence-electron chi connectivity index (χ1n) is 6.34. The number of hydrogen-bond donors (Lipinski definition) is 0. The number of alkyl halides is 3. The molecule has 0 fully saturated rings. The molecule has 9 heteroatoms. The van der Waals surface area contributed by atoms with Gasteiger partial charge >= 0.3 is 6.18 Å².